The molecule has 0 aliphatic carbocycles. The highest BCUT2D eigenvalue weighted by molar-refractivity contribution is 5.93. The molecule has 0 atom stereocenters. The van der Waals surface area contributed by atoms with Gasteiger partial charge in [0.2, 0.25) is 0 Å². The van der Waals surface area contributed by atoms with Crippen molar-refractivity contribution in [1.29, 1.82) is 0 Å². The van der Waals surface area contributed by atoms with Gasteiger partial charge in [0.05, 0.1) is 12.1 Å². The Balaban J connectivity index is 1.96. The summed E-state index contributed by atoms with van der Waals surface area (Å²) in [4.78, 5) is 21.9. The first-order valence-electron chi connectivity index (χ1n) is 5.80. The quantitative estimate of drug-likeness (QED) is 0.725. The van der Waals surface area contributed by atoms with Crippen molar-refractivity contribution in [2.45, 2.75) is 32.7 Å². The SMILES string of the molecule is CC(=O)c1cnc(CN2CCCCC2)nc1. The van der Waals surface area contributed by atoms with Crippen molar-refractivity contribution in [3.05, 3.63) is 23.8 Å². The lowest BCUT2D eigenvalue weighted by molar-refractivity contribution is 0.101. The van der Waals surface area contributed by atoms with E-state index in [9.17, 15) is 4.79 Å². The zero-order chi connectivity index (χ0) is 11.4. The van der Waals surface area contributed by atoms with Crippen molar-refractivity contribution in [1.82, 2.24) is 14.9 Å². The summed E-state index contributed by atoms with van der Waals surface area (Å²) in [5.41, 5.74) is 0.586. The number of ketones is 1. The first kappa shape index (κ1) is 11.2. The summed E-state index contributed by atoms with van der Waals surface area (Å²) in [6.45, 7) is 4.61. The monoisotopic (exact) mass is 219 g/mol. The van der Waals surface area contributed by atoms with Crippen molar-refractivity contribution >= 4 is 5.78 Å². The average Bonchev–Trinajstić information content (AvgIpc) is 2.31. The third kappa shape index (κ3) is 2.85. The largest absolute Gasteiger partial charge is 0.296 e. The highest BCUT2D eigenvalue weighted by atomic mass is 16.1. The molecule has 4 nitrogen and oxygen atoms in total. The van der Waals surface area contributed by atoms with Crippen molar-refractivity contribution in [3.8, 4) is 0 Å². The van der Waals surface area contributed by atoms with E-state index in [2.05, 4.69) is 14.9 Å². The Labute approximate surface area is 95.7 Å². The van der Waals surface area contributed by atoms with Crippen LogP contribution in [0.2, 0.25) is 0 Å². The first-order chi connectivity index (χ1) is 7.75. The van der Waals surface area contributed by atoms with E-state index >= 15 is 0 Å². The Kier molecular flexibility index (Phi) is 3.62. The third-order valence-electron chi connectivity index (χ3n) is 2.93. The van der Waals surface area contributed by atoms with Crippen LogP contribution in [0.3, 0.4) is 0 Å². The van der Waals surface area contributed by atoms with Gasteiger partial charge < -0.3 is 0 Å². The van der Waals surface area contributed by atoms with Crippen molar-refractivity contribution in [2.75, 3.05) is 13.1 Å². The number of rotatable bonds is 3. The maximum atomic E-state index is 11.1. The molecule has 1 saturated heterocycles. The van der Waals surface area contributed by atoms with Crippen LogP contribution in [0, 0.1) is 0 Å². The maximum absolute atomic E-state index is 11.1. The van der Waals surface area contributed by atoms with Crippen LogP contribution < -0.4 is 0 Å². The van der Waals surface area contributed by atoms with E-state index in [1.165, 1.54) is 26.2 Å². The van der Waals surface area contributed by atoms with Gasteiger partial charge in [0.25, 0.3) is 0 Å². The number of hydrogen-bond donors (Lipinski definition) is 0. The van der Waals surface area contributed by atoms with E-state index in [1.807, 2.05) is 0 Å². The molecule has 1 aliphatic rings. The number of Topliss-reactive ketones (excluding diaryl/α,β-unsaturated/α-hetero) is 1. The van der Waals surface area contributed by atoms with Gasteiger partial charge in [0, 0.05) is 12.4 Å². The molecule has 0 aromatic carbocycles. The summed E-state index contributed by atoms with van der Waals surface area (Å²) in [6, 6.07) is 0. The molecule has 2 rings (SSSR count). The molecule has 1 aromatic heterocycles. The van der Waals surface area contributed by atoms with Gasteiger partial charge in [-0.3, -0.25) is 9.69 Å². The van der Waals surface area contributed by atoms with Gasteiger partial charge in [-0.1, -0.05) is 6.42 Å². The van der Waals surface area contributed by atoms with Crippen LogP contribution in [0.15, 0.2) is 12.4 Å². The van der Waals surface area contributed by atoms with Crippen LogP contribution >= 0.6 is 0 Å². The minimum absolute atomic E-state index is 0.0181. The highest BCUT2D eigenvalue weighted by Crippen LogP contribution is 2.10. The molecule has 4 heteroatoms. The van der Waals surface area contributed by atoms with Gasteiger partial charge >= 0.3 is 0 Å². The molecule has 0 radical (unpaired) electrons. The average molecular weight is 219 g/mol. The van der Waals surface area contributed by atoms with Crippen LogP contribution in [-0.2, 0) is 6.54 Å². The summed E-state index contributed by atoms with van der Waals surface area (Å²) in [5, 5.41) is 0. The van der Waals surface area contributed by atoms with Crippen molar-refractivity contribution < 1.29 is 4.79 Å². The number of likely N-dealkylation sites (tertiary alicyclic amines) is 1. The van der Waals surface area contributed by atoms with E-state index < -0.39 is 0 Å². The fourth-order valence-corrected chi connectivity index (χ4v) is 1.94. The van der Waals surface area contributed by atoms with Crippen LogP contribution in [0.5, 0.6) is 0 Å². The normalized spacial score (nSPS) is 17.3. The van der Waals surface area contributed by atoms with E-state index in [1.54, 1.807) is 12.4 Å². The maximum Gasteiger partial charge on any atom is 0.162 e. The van der Waals surface area contributed by atoms with Crippen LogP contribution in [0.25, 0.3) is 0 Å². The summed E-state index contributed by atoms with van der Waals surface area (Å²) in [7, 11) is 0. The smallest absolute Gasteiger partial charge is 0.162 e. The molecule has 0 saturated carbocycles. The number of nitrogens with zero attached hydrogens (tertiary/aromatic N) is 3. The fraction of sp³-hybridized carbons (Fsp3) is 0.583. The zero-order valence-electron chi connectivity index (χ0n) is 9.65. The number of aromatic nitrogens is 2. The molecule has 0 bridgehead atoms. The van der Waals surface area contributed by atoms with Crippen molar-refractivity contribution in [2.24, 2.45) is 0 Å². The second-order valence-electron chi connectivity index (χ2n) is 4.28. The molecule has 0 unspecified atom stereocenters. The Bertz CT molecular complexity index is 355. The molecule has 1 aliphatic heterocycles. The third-order valence-corrected chi connectivity index (χ3v) is 2.93. The van der Waals surface area contributed by atoms with Gasteiger partial charge in [-0.2, -0.15) is 0 Å². The molecular formula is C12H17N3O. The standard InChI is InChI=1S/C12H17N3O/c1-10(16)11-7-13-12(14-8-11)9-15-5-3-2-4-6-15/h7-8H,2-6,9H2,1H3. The second-order valence-corrected chi connectivity index (χ2v) is 4.28. The highest BCUT2D eigenvalue weighted by Gasteiger charge is 2.11. The van der Waals surface area contributed by atoms with Gasteiger partial charge in [-0.25, -0.2) is 9.97 Å². The van der Waals surface area contributed by atoms with Gasteiger partial charge in [-0.15, -0.1) is 0 Å². The minimum atomic E-state index is 0.0181. The molecule has 1 fully saturated rings. The topological polar surface area (TPSA) is 46.1 Å². The second kappa shape index (κ2) is 5.16. The molecule has 86 valence electrons. The molecule has 0 amide bonds. The molecule has 16 heavy (non-hydrogen) atoms. The molecular weight excluding hydrogens is 202 g/mol. The Morgan fingerprint density at radius 2 is 1.88 bits per heavy atom. The van der Waals surface area contributed by atoms with Gasteiger partial charge in [0.15, 0.2) is 5.78 Å². The number of hydrogen-bond acceptors (Lipinski definition) is 4. The van der Waals surface area contributed by atoms with Crippen LogP contribution in [-0.4, -0.2) is 33.7 Å². The molecule has 0 spiro atoms. The minimum Gasteiger partial charge on any atom is -0.296 e. The molecule has 2 heterocycles. The lowest BCUT2D eigenvalue weighted by Crippen LogP contribution is -2.29. The van der Waals surface area contributed by atoms with Gasteiger partial charge in [-0.05, 0) is 32.9 Å². The lowest BCUT2D eigenvalue weighted by atomic mass is 10.1. The molecule has 0 N–H and O–H groups in total. The van der Waals surface area contributed by atoms with E-state index in [0.717, 1.165) is 25.5 Å². The summed E-state index contributed by atoms with van der Waals surface area (Å²) >= 11 is 0. The Morgan fingerprint density at radius 1 is 1.25 bits per heavy atom. The first-order valence-corrected chi connectivity index (χ1v) is 5.80. The number of piperidine rings is 1. The summed E-state index contributed by atoms with van der Waals surface area (Å²) in [5.74, 6) is 0.830. The number of carbonyl (C=O) groups excluding carboxylic acids is 1. The van der Waals surface area contributed by atoms with E-state index in [0.29, 0.717) is 5.56 Å². The van der Waals surface area contributed by atoms with Crippen LogP contribution in [0.4, 0.5) is 0 Å². The lowest BCUT2D eigenvalue weighted by Gasteiger charge is -2.25. The summed E-state index contributed by atoms with van der Waals surface area (Å²) < 4.78 is 0. The predicted molar refractivity (Wildman–Crippen MR) is 61.2 cm³/mol. The van der Waals surface area contributed by atoms with Crippen molar-refractivity contribution in [3.63, 3.8) is 0 Å². The van der Waals surface area contributed by atoms with Crippen LogP contribution in [0.1, 0.15) is 42.4 Å². The summed E-state index contributed by atoms with van der Waals surface area (Å²) in [6.07, 6.45) is 7.11. The van der Waals surface area contributed by atoms with Gasteiger partial charge in [0.1, 0.15) is 5.82 Å². The predicted octanol–water partition coefficient (Wildman–Crippen LogP) is 1.67. The number of carbonyl (C=O) groups is 1. The van der Waals surface area contributed by atoms with E-state index in [-0.39, 0.29) is 5.78 Å². The van der Waals surface area contributed by atoms with E-state index in [4.69, 9.17) is 0 Å². The Morgan fingerprint density at radius 3 is 2.44 bits per heavy atom. The molecule has 1 aromatic rings. The Hall–Kier alpha value is -1.29. The fourth-order valence-electron chi connectivity index (χ4n) is 1.94. The zero-order valence-corrected chi connectivity index (χ0v) is 9.65.